The summed E-state index contributed by atoms with van der Waals surface area (Å²) in [4.78, 5) is 30.4. The summed E-state index contributed by atoms with van der Waals surface area (Å²) in [6.07, 6.45) is 2.66. The monoisotopic (exact) mass is 556 g/mol. The lowest BCUT2D eigenvalue weighted by Gasteiger charge is -2.29. The van der Waals surface area contributed by atoms with Crippen molar-refractivity contribution in [3.8, 4) is 5.75 Å². The number of nitrogens with zero attached hydrogens (tertiary/aromatic N) is 2. The average molecular weight is 557 g/mol. The largest absolute Gasteiger partial charge is 0.507 e. The van der Waals surface area contributed by atoms with E-state index in [-0.39, 0.29) is 11.3 Å². The van der Waals surface area contributed by atoms with Gasteiger partial charge in [0.25, 0.3) is 11.7 Å². The number of aliphatic hydroxyl groups excluding tert-OH is 1. The van der Waals surface area contributed by atoms with Crippen molar-refractivity contribution in [3.63, 3.8) is 0 Å². The summed E-state index contributed by atoms with van der Waals surface area (Å²) in [7, 11) is 0. The van der Waals surface area contributed by atoms with Crippen molar-refractivity contribution >= 4 is 33.4 Å². The molecule has 8 heteroatoms. The Bertz CT molecular complexity index is 1100. The Balaban J connectivity index is 1.64. The molecular formula is C28H33BrN2O5. The van der Waals surface area contributed by atoms with Crippen molar-refractivity contribution in [1.82, 2.24) is 9.80 Å². The molecule has 4 rings (SSSR count). The fourth-order valence-electron chi connectivity index (χ4n) is 4.61. The second kappa shape index (κ2) is 12.5. The van der Waals surface area contributed by atoms with E-state index in [9.17, 15) is 14.7 Å². The number of amides is 1. The van der Waals surface area contributed by atoms with Crippen LogP contribution in [0.25, 0.3) is 5.76 Å². The molecule has 1 atom stereocenters. The highest BCUT2D eigenvalue weighted by atomic mass is 79.9. The quantitative estimate of drug-likeness (QED) is 0.196. The SMILES string of the molecule is CCCCOc1cccc(/C(O)=C2\C(=O)C(=O)N(CCCN3CCOCC3)C2c2ccc(Br)cc2)c1. The Hall–Kier alpha value is -2.68. The minimum absolute atomic E-state index is 0.111. The van der Waals surface area contributed by atoms with Crippen LogP contribution in [0.1, 0.15) is 43.4 Å². The smallest absolute Gasteiger partial charge is 0.295 e. The first-order chi connectivity index (χ1) is 17.5. The number of hydrogen-bond donors (Lipinski definition) is 1. The van der Waals surface area contributed by atoms with Crippen LogP contribution in [0.15, 0.2) is 58.6 Å². The van der Waals surface area contributed by atoms with Crippen LogP contribution in [0.3, 0.4) is 0 Å². The van der Waals surface area contributed by atoms with E-state index in [1.807, 2.05) is 30.3 Å². The maximum Gasteiger partial charge on any atom is 0.295 e. The molecule has 0 aliphatic carbocycles. The number of hydrogen-bond acceptors (Lipinski definition) is 6. The molecule has 2 fully saturated rings. The van der Waals surface area contributed by atoms with Crippen molar-refractivity contribution in [2.24, 2.45) is 0 Å². The normalized spacial score (nSPS) is 20.2. The van der Waals surface area contributed by atoms with Gasteiger partial charge in [-0.2, -0.15) is 0 Å². The molecule has 2 aliphatic heterocycles. The number of carbonyl (C=O) groups is 2. The summed E-state index contributed by atoms with van der Waals surface area (Å²) in [5, 5.41) is 11.3. The Kier molecular flexibility index (Phi) is 9.18. The van der Waals surface area contributed by atoms with E-state index in [2.05, 4.69) is 27.8 Å². The minimum atomic E-state index is -0.663. The molecule has 36 heavy (non-hydrogen) atoms. The number of ketones is 1. The van der Waals surface area contributed by atoms with Crippen molar-refractivity contribution in [3.05, 3.63) is 69.7 Å². The lowest BCUT2D eigenvalue weighted by molar-refractivity contribution is -0.140. The predicted molar refractivity (Wildman–Crippen MR) is 142 cm³/mol. The highest BCUT2D eigenvalue weighted by molar-refractivity contribution is 9.10. The number of unbranched alkanes of at least 4 members (excludes halogenated alkanes) is 1. The number of rotatable bonds is 10. The van der Waals surface area contributed by atoms with Crippen molar-refractivity contribution in [2.45, 2.75) is 32.2 Å². The Labute approximate surface area is 220 Å². The fraction of sp³-hybridized carbons (Fsp3) is 0.429. The molecule has 2 aromatic carbocycles. The van der Waals surface area contributed by atoms with E-state index in [4.69, 9.17) is 9.47 Å². The van der Waals surface area contributed by atoms with Crippen molar-refractivity contribution < 1.29 is 24.2 Å². The summed E-state index contributed by atoms with van der Waals surface area (Å²) in [5.41, 5.74) is 1.34. The number of likely N-dealkylation sites (tertiary alicyclic amines) is 1. The molecule has 192 valence electrons. The van der Waals surface area contributed by atoms with Gasteiger partial charge in [-0.3, -0.25) is 14.5 Å². The highest BCUT2D eigenvalue weighted by Gasteiger charge is 2.45. The maximum absolute atomic E-state index is 13.3. The first-order valence-corrected chi connectivity index (χ1v) is 13.4. The number of ether oxygens (including phenoxy) is 2. The number of benzene rings is 2. The van der Waals surface area contributed by atoms with Crippen LogP contribution < -0.4 is 4.74 Å². The molecule has 0 aromatic heterocycles. The molecule has 0 bridgehead atoms. The topological polar surface area (TPSA) is 79.3 Å². The second-order valence-electron chi connectivity index (χ2n) is 9.08. The molecule has 2 aromatic rings. The van der Waals surface area contributed by atoms with E-state index in [0.29, 0.717) is 37.7 Å². The summed E-state index contributed by atoms with van der Waals surface area (Å²) < 4.78 is 12.1. The summed E-state index contributed by atoms with van der Waals surface area (Å²) in [6, 6.07) is 13.9. The van der Waals surface area contributed by atoms with E-state index in [1.54, 1.807) is 23.1 Å². The Morgan fingerprint density at radius 2 is 1.83 bits per heavy atom. The molecule has 0 saturated carbocycles. The zero-order valence-corrected chi connectivity index (χ0v) is 22.2. The second-order valence-corrected chi connectivity index (χ2v) is 10.00. The Morgan fingerprint density at radius 3 is 2.56 bits per heavy atom. The summed E-state index contributed by atoms with van der Waals surface area (Å²) in [5.74, 6) is -0.809. The average Bonchev–Trinajstić information content (AvgIpc) is 3.15. The van der Waals surface area contributed by atoms with Gasteiger partial charge in [-0.25, -0.2) is 0 Å². The van der Waals surface area contributed by atoms with Crippen molar-refractivity contribution in [2.75, 3.05) is 46.0 Å². The summed E-state index contributed by atoms with van der Waals surface area (Å²) >= 11 is 3.45. The van der Waals surface area contributed by atoms with Crippen molar-refractivity contribution in [1.29, 1.82) is 0 Å². The van der Waals surface area contributed by atoms with Gasteiger partial charge in [-0.15, -0.1) is 0 Å². The molecule has 2 saturated heterocycles. The van der Waals surface area contributed by atoms with Gasteiger partial charge in [0.15, 0.2) is 0 Å². The van der Waals surface area contributed by atoms with Gasteiger partial charge >= 0.3 is 0 Å². The molecule has 0 spiro atoms. The van der Waals surface area contributed by atoms with Crippen LogP contribution in [0, 0.1) is 0 Å². The highest BCUT2D eigenvalue weighted by Crippen LogP contribution is 2.40. The van der Waals surface area contributed by atoms with Gasteiger partial charge < -0.3 is 19.5 Å². The van der Waals surface area contributed by atoms with Gasteiger partial charge in [-0.1, -0.05) is 53.5 Å². The zero-order valence-electron chi connectivity index (χ0n) is 20.6. The first-order valence-electron chi connectivity index (χ1n) is 12.6. The van der Waals surface area contributed by atoms with Crippen LogP contribution in [0.4, 0.5) is 0 Å². The van der Waals surface area contributed by atoms with Crippen LogP contribution in [-0.2, 0) is 14.3 Å². The minimum Gasteiger partial charge on any atom is -0.507 e. The molecule has 1 amide bonds. The van der Waals surface area contributed by atoms with E-state index in [1.165, 1.54) is 0 Å². The zero-order chi connectivity index (χ0) is 25.5. The van der Waals surface area contributed by atoms with E-state index < -0.39 is 17.7 Å². The third-order valence-electron chi connectivity index (χ3n) is 6.58. The van der Waals surface area contributed by atoms with Crippen LogP contribution in [0.2, 0.25) is 0 Å². The number of morpholine rings is 1. The standard InChI is InChI=1S/C28H33BrN2O5/c1-2-3-16-36-23-7-4-6-21(19-23)26(32)24-25(20-8-10-22(29)11-9-20)31(28(34)27(24)33)13-5-12-30-14-17-35-18-15-30/h4,6-11,19,25,32H,2-3,5,12-18H2,1H3/b26-24+. The maximum atomic E-state index is 13.3. The third-order valence-corrected chi connectivity index (χ3v) is 7.11. The predicted octanol–water partition coefficient (Wildman–Crippen LogP) is 4.77. The molecule has 2 aliphatic rings. The fourth-order valence-corrected chi connectivity index (χ4v) is 4.88. The first kappa shape index (κ1) is 26.4. The molecule has 1 N–H and O–H groups in total. The Morgan fingerprint density at radius 1 is 1.08 bits per heavy atom. The molecule has 7 nitrogen and oxygen atoms in total. The van der Waals surface area contributed by atoms with Crippen LogP contribution in [-0.4, -0.2) is 72.6 Å². The molecular weight excluding hydrogens is 524 g/mol. The lowest BCUT2D eigenvalue weighted by atomic mass is 9.95. The van der Waals surface area contributed by atoms with Gasteiger partial charge in [0.2, 0.25) is 0 Å². The van der Waals surface area contributed by atoms with E-state index >= 15 is 0 Å². The number of halogens is 1. The van der Waals surface area contributed by atoms with Crippen LogP contribution in [0.5, 0.6) is 5.75 Å². The molecule has 2 heterocycles. The number of aliphatic hydroxyl groups is 1. The lowest BCUT2D eigenvalue weighted by Crippen LogP contribution is -2.38. The van der Waals surface area contributed by atoms with Crippen LogP contribution >= 0.6 is 15.9 Å². The van der Waals surface area contributed by atoms with Gasteiger partial charge in [0, 0.05) is 36.2 Å². The van der Waals surface area contributed by atoms with E-state index in [0.717, 1.165) is 48.9 Å². The number of carbonyl (C=O) groups excluding carboxylic acids is 2. The summed E-state index contributed by atoms with van der Waals surface area (Å²) in [6.45, 7) is 7.06. The van der Waals surface area contributed by atoms with Gasteiger partial charge in [0.05, 0.1) is 31.4 Å². The van der Waals surface area contributed by atoms with Gasteiger partial charge in [-0.05, 0) is 42.7 Å². The molecule has 0 radical (unpaired) electrons. The van der Waals surface area contributed by atoms with Gasteiger partial charge in [0.1, 0.15) is 11.5 Å². The number of Topliss-reactive ketones (excluding diaryl/α,β-unsaturated/α-hetero) is 1. The molecule has 1 unspecified atom stereocenters. The third kappa shape index (κ3) is 6.17.